The van der Waals surface area contributed by atoms with Crippen molar-refractivity contribution in [2.75, 3.05) is 25.0 Å². The highest BCUT2D eigenvalue weighted by Gasteiger charge is 2.29. The quantitative estimate of drug-likeness (QED) is 0.635. The third-order valence-corrected chi connectivity index (χ3v) is 6.48. The zero-order valence-corrected chi connectivity index (χ0v) is 18.6. The first kappa shape index (κ1) is 21.2. The van der Waals surface area contributed by atoms with Gasteiger partial charge in [-0.2, -0.15) is 5.10 Å². The molecule has 0 aliphatic carbocycles. The normalized spacial score (nSPS) is 14.6. The molecule has 0 saturated carbocycles. The van der Waals surface area contributed by atoms with Crippen LogP contribution in [0.4, 0.5) is 5.69 Å². The second-order valence-electron chi connectivity index (χ2n) is 7.77. The molecule has 3 heterocycles. The number of likely N-dealkylation sites (tertiary alicyclic amines) is 1. The molecular formula is C22H26N6O2S. The molecule has 1 N–H and O–H groups in total. The maximum Gasteiger partial charge on any atom is 0.278 e. The van der Waals surface area contributed by atoms with E-state index in [0.29, 0.717) is 23.7 Å². The van der Waals surface area contributed by atoms with E-state index >= 15 is 0 Å². The Hall–Kier alpha value is -3.07. The summed E-state index contributed by atoms with van der Waals surface area (Å²) in [6, 6.07) is 11.3. The van der Waals surface area contributed by atoms with Crippen molar-refractivity contribution < 1.29 is 9.59 Å². The van der Waals surface area contributed by atoms with E-state index in [-0.39, 0.29) is 17.7 Å². The van der Waals surface area contributed by atoms with Gasteiger partial charge in [0.2, 0.25) is 0 Å². The van der Waals surface area contributed by atoms with Crippen LogP contribution >= 0.6 is 11.5 Å². The van der Waals surface area contributed by atoms with Crippen molar-refractivity contribution in [2.24, 2.45) is 0 Å². The maximum atomic E-state index is 12.9. The van der Waals surface area contributed by atoms with Crippen LogP contribution in [0.25, 0.3) is 0 Å². The Morgan fingerprint density at radius 1 is 1.23 bits per heavy atom. The van der Waals surface area contributed by atoms with E-state index in [1.807, 2.05) is 41.3 Å². The number of aromatic nitrogens is 4. The Kier molecular flexibility index (Phi) is 6.41. The lowest BCUT2D eigenvalue weighted by Gasteiger charge is -2.31. The average Bonchev–Trinajstić information content (AvgIpc) is 3.49. The highest BCUT2D eigenvalue weighted by Crippen LogP contribution is 2.29. The molecule has 31 heavy (non-hydrogen) atoms. The monoisotopic (exact) mass is 438 g/mol. The number of nitrogens with zero attached hydrogens (tertiary/aromatic N) is 5. The Bertz CT molecular complexity index is 1040. The van der Waals surface area contributed by atoms with Gasteiger partial charge in [-0.25, -0.2) is 0 Å². The fourth-order valence-corrected chi connectivity index (χ4v) is 4.58. The molecule has 3 aromatic rings. The largest absolute Gasteiger partial charge is 0.338 e. The molecule has 8 nitrogen and oxygen atoms in total. The molecule has 0 unspecified atom stereocenters. The predicted molar refractivity (Wildman–Crippen MR) is 120 cm³/mol. The highest BCUT2D eigenvalue weighted by molar-refractivity contribution is 7.08. The van der Waals surface area contributed by atoms with E-state index in [2.05, 4.69) is 26.7 Å². The van der Waals surface area contributed by atoms with Crippen molar-refractivity contribution in [3.8, 4) is 0 Å². The molecule has 1 fully saturated rings. The van der Waals surface area contributed by atoms with Crippen LogP contribution in [0.3, 0.4) is 0 Å². The molecule has 1 aliphatic rings. The van der Waals surface area contributed by atoms with Crippen molar-refractivity contribution in [3.63, 3.8) is 0 Å². The minimum Gasteiger partial charge on any atom is -0.338 e. The fourth-order valence-electron chi connectivity index (χ4n) is 3.90. The first-order valence-electron chi connectivity index (χ1n) is 10.6. The smallest absolute Gasteiger partial charge is 0.278 e. The van der Waals surface area contributed by atoms with Crippen molar-refractivity contribution in [1.82, 2.24) is 24.7 Å². The lowest BCUT2D eigenvalue weighted by molar-refractivity contribution is 0.0715. The number of carbonyl (C=O) groups excluding carboxylic acids is 2. The van der Waals surface area contributed by atoms with E-state index in [9.17, 15) is 9.59 Å². The molecule has 4 rings (SSSR count). The number of hydrogen-bond acceptors (Lipinski definition) is 6. The molecule has 1 aromatic carbocycles. The summed E-state index contributed by atoms with van der Waals surface area (Å²) in [6.45, 7) is 3.40. The van der Waals surface area contributed by atoms with Crippen LogP contribution in [0.1, 0.15) is 63.7 Å². The summed E-state index contributed by atoms with van der Waals surface area (Å²) in [5.74, 6) is 0.124. The number of aromatic amines is 1. The highest BCUT2D eigenvalue weighted by atomic mass is 32.1. The zero-order valence-electron chi connectivity index (χ0n) is 17.7. The van der Waals surface area contributed by atoms with E-state index in [0.717, 1.165) is 42.8 Å². The Labute approximate surface area is 185 Å². The molecule has 0 spiro atoms. The predicted octanol–water partition coefficient (Wildman–Crippen LogP) is 3.51. The maximum absolute atomic E-state index is 12.9. The van der Waals surface area contributed by atoms with Gasteiger partial charge in [0.25, 0.3) is 11.8 Å². The number of nitrogens with one attached hydrogen (secondary N) is 1. The number of amides is 2. The number of rotatable bonds is 6. The number of para-hydroxylation sites is 1. The van der Waals surface area contributed by atoms with Crippen LogP contribution in [0.2, 0.25) is 0 Å². The summed E-state index contributed by atoms with van der Waals surface area (Å²) >= 11 is 1.19. The minimum absolute atomic E-state index is 0.0295. The van der Waals surface area contributed by atoms with Gasteiger partial charge in [0, 0.05) is 37.4 Å². The second kappa shape index (κ2) is 9.38. The number of benzene rings is 1. The number of hydrogen-bond donors (Lipinski definition) is 1. The molecule has 2 aromatic heterocycles. The van der Waals surface area contributed by atoms with Crippen LogP contribution in [-0.4, -0.2) is 56.6 Å². The van der Waals surface area contributed by atoms with Crippen LogP contribution in [0.5, 0.6) is 0 Å². The topological polar surface area (TPSA) is 95.1 Å². The molecule has 0 radical (unpaired) electrons. The van der Waals surface area contributed by atoms with Crippen LogP contribution in [-0.2, 0) is 6.42 Å². The van der Waals surface area contributed by atoms with Gasteiger partial charge in [0.05, 0.1) is 5.69 Å². The van der Waals surface area contributed by atoms with Gasteiger partial charge in [-0.1, -0.05) is 36.0 Å². The Balaban J connectivity index is 1.37. The number of anilines is 1. The lowest BCUT2D eigenvalue weighted by atomic mass is 9.93. The van der Waals surface area contributed by atoms with Gasteiger partial charge >= 0.3 is 0 Å². The Morgan fingerprint density at radius 2 is 1.97 bits per heavy atom. The zero-order chi connectivity index (χ0) is 21.8. The van der Waals surface area contributed by atoms with Gasteiger partial charge in [-0.3, -0.25) is 14.7 Å². The summed E-state index contributed by atoms with van der Waals surface area (Å²) in [4.78, 5) is 29.8. The van der Waals surface area contributed by atoms with Gasteiger partial charge in [0.15, 0.2) is 5.69 Å². The van der Waals surface area contributed by atoms with Crippen molar-refractivity contribution in [3.05, 3.63) is 58.4 Å². The summed E-state index contributed by atoms with van der Waals surface area (Å²) in [5, 5.41) is 11.4. The van der Waals surface area contributed by atoms with Gasteiger partial charge in [0.1, 0.15) is 4.88 Å². The molecule has 2 amide bonds. The summed E-state index contributed by atoms with van der Waals surface area (Å²) in [7, 11) is 1.75. The summed E-state index contributed by atoms with van der Waals surface area (Å²) in [5.41, 5.74) is 2.98. The molecule has 9 heteroatoms. The minimum atomic E-state index is -0.150. The molecule has 0 atom stereocenters. The van der Waals surface area contributed by atoms with Crippen LogP contribution in [0.15, 0.2) is 36.4 Å². The van der Waals surface area contributed by atoms with Crippen LogP contribution in [0, 0.1) is 0 Å². The van der Waals surface area contributed by atoms with Crippen molar-refractivity contribution in [1.29, 1.82) is 0 Å². The first-order chi connectivity index (χ1) is 15.1. The van der Waals surface area contributed by atoms with E-state index in [1.165, 1.54) is 11.5 Å². The van der Waals surface area contributed by atoms with E-state index < -0.39 is 0 Å². The number of piperidine rings is 1. The second-order valence-corrected chi connectivity index (χ2v) is 8.53. The third-order valence-electron chi connectivity index (χ3n) is 5.72. The van der Waals surface area contributed by atoms with Gasteiger partial charge in [-0.15, -0.1) is 5.10 Å². The SMILES string of the molecule is CCCc1nnsc1C(=O)N1CCC(c2cc(C(=O)N(C)c3ccccc3)n[nH]2)CC1. The van der Waals surface area contributed by atoms with Gasteiger partial charge < -0.3 is 9.80 Å². The van der Waals surface area contributed by atoms with E-state index in [4.69, 9.17) is 0 Å². The van der Waals surface area contributed by atoms with Gasteiger partial charge in [-0.05, 0) is 49.0 Å². The lowest BCUT2D eigenvalue weighted by Crippen LogP contribution is -2.38. The molecular weight excluding hydrogens is 412 g/mol. The standard InChI is InChI=1S/C22H26N6O2S/c1-3-7-17-20(31-26-25-17)22(30)28-12-10-15(11-13-28)18-14-19(24-23-18)21(29)27(2)16-8-5-4-6-9-16/h4-6,8-9,14-15H,3,7,10-13H2,1-2H3,(H,23,24). The van der Waals surface area contributed by atoms with E-state index in [1.54, 1.807) is 11.9 Å². The average molecular weight is 439 g/mol. The molecule has 162 valence electrons. The fraction of sp³-hybridized carbons (Fsp3) is 0.409. The number of carbonyl (C=O) groups is 2. The molecule has 1 saturated heterocycles. The van der Waals surface area contributed by atoms with Crippen molar-refractivity contribution >= 4 is 29.0 Å². The van der Waals surface area contributed by atoms with Crippen LogP contribution < -0.4 is 4.90 Å². The Morgan fingerprint density at radius 3 is 2.68 bits per heavy atom. The molecule has 0 bridgehead atoms. The summed E-state index contributed by atoms with van der Waals surface area (Å²) < 4.78 is 3.97. The molecule has 1 aliphatic heterocycles. The number of H-pyrrole nitrogens is 1. The summed E-state index contributed by atoms with van der Waals surface area (Å²) in [6.07, 6.45) is 3.36. The first-order valence-corrected chi connectivity index (χ1v) is 11.3. The third kappa shape index (κ3) is 4.51. The number of aryl methyl sites for hydroxylation is 1. The van der Waals surface area contributed by atoms with Crippen molar-refractivity contribution in [2.45, 2.75) is 38.5 Å².